The highest BCUT2D eigenvalue weighted by Gasteiger charge is 2.25. The highest BCUT2D eigenvalue weighted by atomic mass is 32.0. The maximum Gasteiger partial charge on any atom is 0.194 e. The van der Waals surface area contributed by atoms with Crippen LogP contribution in [-0.2, 0) is 6.42 Å². The first-order valence-electron chi connectivity index (χ1n) is 9.28. The molecule has 0 spiro atoms. The molecule has 0 bridgehead atoms. The van der Waals surface area contributed by atoms with Crippen LogP contribution in [-0.4, -0.2) is 18.1 Å². The summed E-state index contributed by atoms with van der Waals surface area (Å²) in [6, 6.07) is 10.8. The number of ketones is 1. The van der Waals surface area contributed by atoms with E-state index in [1.54, 1.807) is 0 Å². The molecule has 1 aliphatic rings. The smallest absolute Gasteiger partial charge is 0.194 e. The normalized spacial score (nSPS) is 18.5. The maximum atomic E-state index is 13.7. The first-order valence-corrected chi connectivity index (χ1v) is 12.9. The van der Waals surface area contributed by atoms with Crippen LogP contribution >= 0.6 is 15.9 Å². The lowest BCUT2D eigenvalue weighted by molar-refractivity contribution is 0.103. The molecule has 0 N–H and O–H groups in total. The van der Waals surface area contributed by atoms with Crippen molar-refractivity contribution in [2.75, 3.05) is 12.3 Å². The van der Waals surface area contributed by atoms with Gasteiger partial charge in [0.25, 0.3) is 0 Å². The summed E-state index contributed by atoms with van der Waals surface area (Å²) in [5, 5.41) is 1.37. The molecule has 1 saturated heterocycles. The third-order valence-corrected chi connectivity index (χ3v) is 10.9. The molecule has 1 nitrogen and oxygen atoms in total. The summed E-state index contributed by atoms with van der Waals surface area (Å²) >= 11 is 0. The van der Waals surface area contributed by atoms with E-state index in [1.165, 1.54) is 41.6 Å². The molecule has 2 aromatic carbocycles. The molecule has 132 valence electrons. The summed E-state index contributed by atoms with van der Waals surface area (Å²) < 4.78 is 0. The Balaban J connectivity index is 2.14. The zero-order chi connectivity index (χ0) is 18.0. The van der Waals surface area contributed by atoms with Gasteiger partial charge in [0.2, 0.25) is 0 Å². The Kier molecular flexibility index (Phi) is 6.08. The molecule has 0 saturated carbocycles. The lowest BCUT2D eigenvalue weighted by Gasteiger charge is -2.26. The predicted molar refractivity (Wildman–Crippen MR) is 114 cm³/mol. The zero-order valence-electron chi connectivity index (χ0n) is 15.8. The summed E-state index contributed by atoms with van der Waals surface area (Å²) in [4.78, 5) is 13.7. The first kappa shape index (κ1) is 18.8. The number of carbonyl (C=O) groups is 1. The van der Waals surface area contributed by atoms with Gasteiger partial charge in [0, 0.05) is 11.1 Å². The van der Waals surface area contributed by atoms with Crippen molar-refractivity contribution in [3.63, 3.8) is 0 Å². The van der Waals surface area contributed by atoms with Gasteiger partial charge in [-0.25, -0.2) is 0 Å². The number of hydrogen-bond donors (Lipinski definition) is 0. The van der Waals surface area contributed by atoms with Gasteiger partial charge in [-0.15, -0.1) is 0 Å². The minimum Gasteiger partial charge on any atom is -0.289 e. The van der Waals surface area contributed by atoms with Crippen LogP contribution in [0.3, 0.4) is 0 Å². The second kappa shape index (κ2) is 8.11. The van der Waals surface area contributed by atoms with Crippen LogP contribution < -0.4 is 5.30 Å². The van der Waals surface area contributed by atoms with Crippen molar-refractivity contribution in [1.29, 1.82) is 0 Å². The average molecular weight is 370 g/mol. The number of hydrogen-bond acceptors (Lipinski definition) is 1. The molecule has 2 aromatic rings. The van der Waals surface area contributed by atoms with E-state index in [2.05, 4.69) is 58.0 Å². The molecule has 1 aliphatic heterocycles. The number of benzene rings is 2. The molecule has 3 heteroatoms. The second-order valence-electron chi connectivity index (χ2n) is 7.03. The first-order chi connectivity index (χ1) is 12.0. The van der Waals surface area contributed by atoms with Gasteiger partial charge in [0.05, 0.1) is 0 Å². The minimum absolute atomic E-state index is 0.151. The van der Waals surface area contributed by atoms with Crippen LogP contribution in [0, 0.1) is 20.8 Å². The Labute approximate surface area is 155 Å². The Bertz CT molecular complexity index is 766. The fourth-order valence-electron chi connectivity index (χ4n) is 3.93. The van der Waals surface area contributed by atoms with E-state index in [0.717, 1.165) is 36.9 Å². The van der Waals surface area contributed by atoms with Gasteiger partial charge >= 0.3 is 0 Å². The fourth-order valence-corrected chi connectivity index (χ4v) is 9.80. The Morgan fingerprint density at radius 3 is 2.40 bits per heavy atom. The van der Waals surface area contributed by atoms with Gasteiger partial charge < -0.3 is 0 Å². The van der Waals surface area contributed by atoms with E-state index in [4.69, 9.17) is 0 Å². The second-order valence-corrected chi connectivity index (χ2v) is 12.2. The van der Waals surface area contributed by atoms with E-state index in [-0.39, 0.29) is 13.4 Å². The summed E-state index contributed by atoms with van der Waals surface area (Å²) in [5.74, 6) is 0.250. The monoisotopic (exact) mass is 370 g/mol. The Morgan fingerprint density at radius 2 is 1.80 bits per heavy atom. The van der Waals surface area contributed by atoms with Gasteiger partial charge in [-0.3, -0.25) is 4.79 Å². The van der Waals surface area contributed by atoms with Crippen molar-refractivity contribution in [2.24, 2.45) is 0 Å². The molecule has 25 heavy (non-hydrogen) atoms. The van der Waals surface area contributed by atoms with Crippen LogP contribution in [0.4, 0.5) is 0 Å². The van der Waals surface area contributed by atoms with Crippen molar-refractivity contribution in [2.45, 2.75) is 47.0 Å². The van der Waals surface area contributed by atoms with E-state index >= 15 is 0 Å². The van der Waals surface area contributed by atoms with E-state index in [1.807, 2.05) is 0 Å². The largest absolute Gasteiger partial charge is 0.289 e. The van der Waals surface area contributed by atoms with Crippen molar-refractivity contribution < 1.29 is 4.79 Å². The third kappa shape index (κ3) is 3.89. The molecular weight excluding hydrogens is 342 g/mol. The summed E-state index contributed by atoms with van der Waals surface area (Å²) in [7, 11) is 0.869. The number of rotatable bonds is 4. The molecule has 2 unspecified atom stereocenters. The third-order valence-electron chi connectivity index (χ3n) is 5.04. The van der Waals surface area contributed by atoms with Gasteiger partial charge in [-0.1, -0.05) is 58.7 Å². The summed E-state index contributed by atoms with van der Waals surface area (Å²) in [5.41, 5.74) is 6.62. The van der Waals surface area contributed by atoms with Gasteiger partial charge in [-0.05, 0) is 74.4 Å². The molecule has 2 atom stereocenters. The highest BCUT2D eigenvalue weighted by Crippen LogP contribution is 2.58. The SMILES string of the molecule is CCc1cccc(P2CCCCP2)c1C(=O)c1c(C)cc(C)cc1C. The number of carbonyl (C=O) groups excluding carboxylic acids is 1. The number of aryl methyl sites for hydroxylation is 4. The molecular formula is C22H28OP2. The Morgan fingerprint density at radius 1 is 1.08 bits per heavy atom. The lowest BCUT2D eigenvalue weighted by atomic mass is 9.90. The van der Waals surface area contributed by atoms with Gasteiger partial charge in [0.15, 0.2) is 5.78 Å². The van der Waals surface area contributed by atoms with Crippen molar-refractivity contribution in [3.05, 3.63) is 63.7 Å². The van der Waals surface area contributed by atoms with Crippen LogP contribution in [0.15, 0.2) is 30.3 Å². The van der Waals surface area contributed by atoms with Crippen molar-refractivity contribution in [1.82, 2.24) is 0 Å². The predicted octanol–water partition coefficient (Wildman–Crippen LogP) is 5.90. The fraction of sp³-hybridized carbons (Fsp3) is 0.409. The zero-order valence-corrected chi connectivity index (χ0v) is 17.7. The molecule has 3 rings (SSSR count). The van der Waals surface area contributed by atoms with E-state index in [9.17, 15) is 4.79 Å². The topological polar surface area (TPSA) is 17.1 Å². The van der Waals surface area contributed by atoms with Crippen LogP contribution in [0.25, 0.3) is 0 Å². The van der Waals surface area contributed by atoms with Crippen LogP contribution in [0.5, 0.6) is 0 Å². The molecule has 0 radical (unpaired) electrons. The van der Waals surface area contributed by atoms with Crippen molar-refractivity contribution >= 4 is 27.0 Å². The van der Waals surface area contributed by atoms with Crippen LogP contribution in [0.1, 0.15) is 57.9 Å². The van der Waals surface area contributed by atoms with E-state index in [0.29, 0.717) is 0 Å². The summed E-state index contributed by atoms with van der Waals surface area (Å²) in [6.45, 7) is 8.43. The maximum absolute atomic E-state index is 13.7. The quantitative estimate of drug-likeness (QED) is 0.484. The molecule has 1 fully saturated rings. The molecule has 1 heterocycles. The van der Waals surface area contributed by atoms with Crippen LogP contribution in [0.2, 0.25) is 0 Å². The van der Waals surface area contributed by atoms with E-state index < -0.39 is 0 Å². The molecule has 0 aromatic heterocycles. The highest BCUT2D eigenvalue weighted by molar-refractivity contribution is 8.25. The Hall–Kier alpha value is -1.03. The van der Waals surface area contributed by atoms with Gasteiger partial charge in [0.1, 0.15) is 0 Å². The molecule has 0 aliphatic carbocycles. The molecule has 0 amide bonds. The average Bonchev–Trinajstić information content (AvgIpc) is 2.60. The lowest BCUT2D eigenvalue weighted by Crippen LogP contribution is -2.20. The minimum atomic E-state index is -0.151. The van der Waals surface area contributed by atoms with Crippen molar-refractivity contribution in [3.8, 4) is 0 Å². The summed E-state index contributed by atoms with van der Waals surface area (Å²) in [6.07, 6.45) is 6.26. The van der Waals surface area contributed by atoms with Gasteiger partial charge in [-0.2, -0.15) is 0 Å². The standard InChI is InChI=1S/C22H28OP2/c1-5-18-9-8-10-19(25-12-7-6-11-24-25)21(18)22(23)20-16(3)13-15(2)14-17(20)4/h8-10,13-14,24H,5-7,11-12H2,1-4H3.